The molecule has 0 aromatic carbocycles. The fraction of sp³-hybridized carbons (Fsp3) is 0.846. The monoisotopic (exact) mass is 300 g/mol. The van der Waals surface area contributed by atoms with E-state index in [-0.39, 0.29) is 23.6 Å². The van der Waals surface area contributed by atoms with Gasteiger partial charge in [0.15, 0.2) is 0 Å². The lowest BCUT2D eigenvalue weighted by Gasteiger charge is -2.29. The lowest BCUT2D eigenvalue weighted by atomic mass is 10.1. The van der Waals surface area contributed by atoms with E-state index in [1.807, 2.05) is 6.92 Å². The molecule has 0 aromatic heterocycles. The third-order valence-corrected chi connectivity index (χ3v) is 5.73. The maximum Gasteiger partial charge on any atom is 0.327 e. The summed E-state index contributed by atoms with van der Waals surface area (Å²) in [5, 5.41) is 12.3. The summed E-state index contributed by atoms with van der Waals surface area (Å²) in [6.45, 7) is 2.58. The van der Waals surface area contributed by atoms with Gasteiger partial charge in [-0.15, -0.1) is 11.8 Å². The average Bonchev–Trinajstić information content (AvgIpc) is 3.02. The minimum Gasteiger partial charge on any atom is -0.480 e. The van der Waals surface area contributed by atoms with Crippen LogP contribution in [0.1, 0.15) is 26.2 Å². The Balaban J connectivity index is 1.70. The van der Waals surface area contributed by atoms with Crippen LogP contribution in [0.25, 0.3) is 0 Å². The van der Waals surface area contributed by atoms with Crippen LogP contribution in [0.15, 0.2) is 0 Å². The largest absolute Gasteiger partial charge is 0.480 e. The number of thioether (sulfide) groups is 1. The number of amides is 2. The van der Waals surface area contributed by atoms with Gasteiger partial charge < -0.3 is 15.2 Å². The average molecular weight is 300 g/mol. The Kier molecular flexibility index (Phi) is 3.81. The predicted octanol–water partition coefficient (Wildman–Crippen LogP) is 1.11. The second-order valence-corrected chi connectivity index (χ2v) is 6.89. The molecule has 2 N–H and O–H groups in total. The zero-order valence-corrected chi connectivity index (χ0v) is 12.3. The highest BCUT2D eigenvalue weighted by Crippen LogP contribution is 2.45. The van der Waals surface area contributed by atoms with Crippen LogP contribution in [0.3, 0.4) is 0 Å². The molecular formula is C13H20N2O4S. The van der Waals surface area contributed by atoms with Gasteiger partial charge in [0.2, 0.25) is 0 Å². The molecule has 4 atom stereocenters. The fourth-order valence-corrected chi connectivity index (χ4v) is 4.50. The number of nitrogens with one attached hydrogen (secondary N) is 1. The summed E-state index contributed by atoms with van der Waals surface area (Å²) < 4.78 is 5.44. The summed E-state index contributed by atoms with van der Waals surface area (Å²) in [6.07, 6.45) is 2.98. The van der Waals surface area contributed by atoms with Crippen molar-refractivity contribution in [3.8, 4) is 0 Å². The number of rotatable bonds is 3. The molecule has 1 saturated carbocycles. The number of carboxylic acids is 1. The Morgan fingerprint density at radius 1 is 1.35 bits per heavy atom. The van der Waals surface area contributed by atoms with E-state index in [1.165, 1.54) is 0 Å². The van der Waals surface area contributed by atoms with Gasteiger partial charge in [-0.05, 0) is 32.1 Å². The summed E-state index contributed by atoms with van der Waals surface area (Å²) in [5.41, 5.74) is 0. The molecule has 20 heavy (non-hydrogen) atoms. The molecule has 3 fully saturated rings. The molecule has 2 saturated heterocycles. The first kappa shape index (κ1) is 14.0. The second-order valence-electron chi connectivity index (χ2n) is 5.74. The quantitative estimate of drug-likeness (QED) is 0.816. The number of urea groups is 1. The van der Waals surface area contributed by atoms with Gasteiger partial charge in [-0.25, -0.2) is 9.59 Å². The summed E-state index contributed by atoms with van der Waals surface area (Å²) in [5.74, 6) is 0.0413. The van der Waals surface area contributed by atoms with Crippen molar-refractivity contribution in [3.05, 3.63) is 0 Å². The van der Waals surface area contributed by atoms with Crippen molar-refractivity contribution < 1.29 is 19.4 Å². The van der Waals surface area contributed by atoms with E-state index >= 15 is 0 Å². The first-order chi connectivity index (χ1) is 9.58. The molecule has 7 heteroatoms. The number of carbonyl (C=O) groups is 2. The molecule has 2 heterocycles. The highest BCUT2D eigenvalue weighted by atomic mass is 32.2. The van der Waals surface area contributed by atoms with Crippen molar-refractivity contribution in [2.24, 2.45) is 5.92 Å². The molecule has 0 bridgehead atoms. The summed E-state index contributed by atoms with van der Waals surface area (Å²) in [4.78, 5) is 25.4. The van der Waals surface area contributed by atoms with Crippen LogP contribution < -0.4 is 5.32 Å². The van der Waals surface area contributed by atoms with Gasteiger partial charge in [-0.2, -0.15) is 0 Å². The Morgan fingerprint density at radius 2 is 2.10 bits per heavy atom. The van der Waals surface area contributed by atoms with Crippen LogP contribution in [-0.4, -0.2) is 57.9 Å². The lowest BCUT2D eigenvalue weighted by Crippen LogP contribution is -2.54. The Morgan fingerprint density at radius 3 is 2.65 bits per heavy atom. The number of hydrogen-bond donors (Lipinski definition) is 2. The summed E-state index contributed by atoms with van der Waals surface area (Å²) >= 11 is 1.60. The fourth-order valence-electron chi connectivity index (χ4n) is 2.87. The highest BCUT2D eigenvalue weighted by Gasteiger charge is 2.48. The molecular weight excluding hydrogens is 280 g/mol. The topological polar surface area (TPSA) is 78.9 Å². The number of ether oxygens (including phenoxy) is 1. The van der Waals surface area contributed by atoms with Crippen molar-refractivity contribution in [2.45, 2.75) is 49.7 Å². The van der Waals surface area contributed by atoms with Crippen LogP contribution in [-0.2, 0) is 9.53 Å². The molecule has 3 rings (SSSR count). The number of carbonyl (C=O) groups excluding carboxylic acids is 1. The molecule has 2 aliphatic heterocycles. The van der Waals surface area contributed by atoms with Crippen molar-refractivity contribution in [1.82, 2.24) is 10.2 Å². The van der Waals surface area contributed by atoms with Crippen LogP contribution >= 0.6 is 11.8 Å². The standard InChI is InChI=1S/C13H20N2O4S/c1-7-9(4-5-19-7)14-13(18)15-10(12(16)17)6-20-11(15)8-2-3-8/h7-11H,2-6H2,1H3,(H,14,18)(H,16,17). The molecule has 1 aliphatic carbocycles. The minimum absolute atomic E-state index is 0.00291. The van der Waals surface area contributed by atoms with E-state index < -0.39 is 12.0 Å². The van der Waals surface area contributed by atoms with Crippen LogP contribution in [0, 0.1) is 5.92 Å². The molecule has 4 unspecified atom stereocenters. The molecule has 112 valence electrons. The van der Waals surface area contributed by atoms with Crippen molar-refractivity contribution in [3.63, 3.8) is 0 Å². The molecule has 3 aliphatic rings. The zero-order valence-electron chi connectivity index (χ0n) is 11.4. The smallest absolute Gasteiger partial charge is 0.327 e. The Bertz CT molecular complexity index is 415. The van der Waals surface area contributed by atoms with Crippen molar-refractivity contribution in [1.29, 1.82) is 0 Å². The van der Waals surface area contributed by atoms with Gasteiger partial charge in [-0.3, -0.25) is 4.90 Å². The number of aliphatic carboxylic acids is 1. The van der Waals surface area contributed by atoms with E-state index in [0.29, 0.717) is 18.3 Å². The summed E-state index contributed by atoms with van der Waals surface area (Å²) in [6, 6.07) is -0.965. The maximum absolute atomic E-state index is 12.5. The number of nitrogens with zero attached hydrogens (tertiary/aromatic N) is 1. The van der Waals surface area contributed by atoms with E-state index in [2.05, 4.69) is 5.32 Å². The zero-order chi connectivity index (χ0) is 14.3. The second kappa shape index (κ2) is 5.44. The molecule has 6 nitrogen and oxygen atoms in total. The van der Waals surface area contributed by atoms with Gasteiger partial charge in [0.05, 0.1) is 17.5 Å². The Labute approximate surface area is 122 Å². The SMILES string of the molecule is CC1OCCC1NC(=O)N1C(C(=O)O)CSC1C1CC1. The van der Waals surface area contributed by atoms with Gasteiger partial charge in [0.25, 0.3) is 0 Å². The predicted molar refractivity (Wildman–Crippen MR) is 74.6 cm³/mol. The van der Waals surface area contributed by atoms with Crippen molar-refractivity contribution >= 4 is 23.8 Å². The minimum atomic E-state index is -0.911. The number of hydrogen-bond acceptors (Lipinski definition) is 4. The van der Waals surface area contributed by atoms with Crippen LogP contribution in [0.2, 0.25) is 0 Å². The van der Waals surface area contributed by atoms with E-state index in [9.17, 15) is 14.7 Å². The molecule has 0 radical (unpaired) electrons. The lowest BCUT2D eigenvalue weighted by molar-refractivity contribution is -0.141. The van der Waals surface area contributed by atoms with Crippen LogP contribution in [0.5, 0.6) is 0 Å². The Hall–Kier alpha value is -0.950. The first-order valence-corrected chi connectivity index (χ1v) is 8.17. The third kappa shape index (κ3) is 2.61. The third-order valence-electron chi connectivity index (χ3n) is 4.26. The first-order valence-electron chi connectivity index (χ1n) is 7.12. The molecule has 2 amide bonds. The van der Waals surface area contributed by atoms with Crippen LogP contribution in [0.4, 0.5) is 4.79 Å². The van der Waals surface area contributed by atoms with Crippen molar-refractivity contribution in [2.75, 3.05) is 12.4 Å². The number of carboxylic acid groups (broad SMARTS) is 1. The molecule has 0 spiro atoms. The summed E-state index contributed by atoms with van der Waals surface area (Å²) in [7, 11) is 0. The molecule has 0 aromatic rings. The van der Waals surface area contributed by atoms with Gasteiger partial charge in [0, 0.05) is 12.4 Å². The normalized spacial score (nSPS) is 37.1. The van der Waals surface area contributed by atoms with E-state index in [4.69, 9.17) is 4.74 Å². The van der Waals surface area contributed by atoms with Gasteiger partial charge in [0.1, 0.15) is 6.04 Å². The highest BCUT2D eigenvalue weighted by molar-refractivity contribution is 8.00. The van der Waals surface area contributed by atoms with E-state index in [1.54, 1.807) is 16.7 Å². The van der Waals surface area contributed by atoms with Gasteiger partial charge >= 0.3 is 12.0 Å². The maximum atomic E-state index is 12.5. The van der Waals surface area contributed by atoms with E-state index in [0.717, 1.165) is 19.3 Å². The van der Waals surface area contributed by atoms with Gasteiger partial charge in [-0.1, -0.05) is 0 Å².